The van der Waals surface area contributed by atoms with E-state index < -0.39 is 0 Å². The van der Waals surface area contributed by atoms with Gasteiger partial charge in [-0.05, 0) is 31.2 Å². The van der Waals surface area contributed by atoms with E-state index in [1.54, 1.807) is 0 Å². The lowest BCUT2D eigenvalue weighted by molar-refractivity contribution is -0.117. The molecule has 0 aliphatic carbocycles. The zero-order valence-corrected chi connectivity index (χ0v) is 13.7. The first-order valence-electron chi connectivity index (χ1n) is 7.31. The molecule has 1 aliphatic heterocycles. The van der Waals surface area contributed by atoms with Crippen LogP contribution in [0.1, 0.15) is 12.2 Å². The number of halogens is 1. The number of aromatic nitrogens is 3. The first kappa shape index (κ1) is 17.4. The van der Waals surface area contributed by atoms with Gasteiger partial charge in [0.25, 0.3) is 0 Å². The molecular formula is C15H20ClN5O2. The molecule has 1 amide bonds. The van der Waals surface area contributed by atoms with E-state index in [2.05, 4.69) is 25.8 Å². The van der Waals surface area contributed by atoms with Gasteiger partial charge in [-0.2, -0.15) is 5.10 Å². The number of morpholine rings is 1. The lowest BCUT2D eigenvalue weighted by atomic mass is 10.1. The van der Waals surface area contributed by atoms with Crippen molar-refractivity contribution < 1.29 is 9.53 Å². The maximum atomic E-state index is 12.0. The molecule has 8 heteroatoms. The number of H-pyrrole nitrogens is 1. The molecule has 0 bridgehead atoms. The highest BCUT2D eigenvalue weighted by atomic mass is 35.5. The summed E-state index contributed by atoms with van der Waals surface area (Å²) in [6.07, 6.45) is 0.405. The van der Waals surface area contributed by atoms with E-state index in [0.717, 1.165) is 23.6 Å². The average Bonchev–Trinajstić information content (AvgIpc) is 2.95. The van der Waals surface area contributed by atoms with Gasteiger partial charge in [-0.15, -0.1) is 12.4 Å². The van der Waals surface area contributed by atoms with Crippen LogP contribution in [0.25, 0.3) is 11.4 Å². The van der Waals surface area contributed by atoms with Gasteiger partial charge in [0.1, 0.15) is 5.82 Å². The average molecular weight is 338 g/mol. The van der Waals surface area contributed by atoms with E-state index in [4.69, 9.17) is 4.74 Å². The molecule has 1 unspecified atom stereocenters. The Kier molecular flexibility index (Phi) is 6.09. The predicted octanol–water partition coefficient (Wildman–Crippen LogP) is 1.52. The van der Waals surface area contributed by atoms with Crippen molar-refractivity contribution in [2.45, 2.75) is 19.4 Å². The summed E-state index contributed by atoms with van der Waals surface area (Å²) < 4.78 is 5.34. The minimum absolute atomic E-state index is 0. The molecule has 3 N–H and O–H groups in total. The van der Waals surface area contributed by atoms with Crippen LogP contribution in [0.3, 0.4) is 0 Å². The predicted molar refractivity (Wildman–Crippen MR) is 89.7 cm³/mol. The minimum Gasteiger partial charge on any atom is -0.378 e. The van der Waals surface area contributed by atoms with Crippen LogP contribution in [0.15, 0.2) is 24.3 Å². The van der Waals surface area contributed by atoms with Gasteiger partial charge in [-0.25, -0.2) is 4.98 Å². The normalized spacial score (nSPS) is 17.3. The number of amides is 1. The number of hydrogen-bond donors (Lipinski definition) is 3. The molecule has 1 aliphatic rings. The number of aryl methyl sites for hydroxylation is 1. The van der Waals surface area contributed by atoms with Crippen molar-refractivity contribution in [1.29, 1.82) is 0 Å². The van der Waals surface area contributed by atoms with Crippen LogP contribution in [0.2, 0.25) is 0 Å². The van der Waals surface area contributed by atoms with Crippen LogP contribution >= 0.6 is 12.4 Å². The number of aromatic amines is 1. The molecule has 3 rings (SSSR count). The molecule has 2 heterocycles. The molecule has 1 atom stereocenters. The van der Waals surface area contributed by atoms with Gasteiger partial charge in [0.2, 0.25) is 5.91 Å². The number of carbonyl (C=O) groups excluding carboxylic acids is 1. The Bertz CT molecular complexity index is 638. The summed E-state index contributed by atoms with van der Waals surface area (Å²) in [6, 6.07) is 7.57. The topological polar surface area (TPSA) is 91.9 Å². The molecule has 0 spiro atoms. The minimum atomic E-state index is -0.0236. The van der Waals surface area contributed by atoms with E-state index >= 15 is 0 Å². The zero-order valence-electron chi connectivity index (χ0n) is 12.8. The molecule has 23 heavy (non-hydrogen) atoms. The van der Waals surface area contributed by atoms with Gasteiger partial charge in [0.15, 0.2) is 5.82 Å². The van der Waals surface area contributed by atoms with Crippen LogP contribution in [-0.2, 0) is 9.53 Å². The smallest absolute Gasteiger partial charge is 0.226 e. The third-order valence-electron chi connectivity index (χ3n) is 3.45. The Morgan fingerprint density at radius 2 is 2.17 bits per heavy atom. The van der Waals surface area contributed by atoms with Crippen LogP contribution in [-0.4, -0.2) is 46.9 Å². The van der Waals surface area contributed by atoms with Crippen molar-refractivity contribution >= 4 is 24.0 Å². The molecule has 124 valence electrons. The third kappa shape index (κ3) is 4.75. The second kappa shape index (κ2) is 8.05. The summed E-state index contributed by atoms with van der Waals surface area (Å²) in [5, 5.41) is 13.1. The van der Waals surface area contributed by atoms with E-state index in [1.807, 2.05) is 31.2 Å². The Balaban J connectivity index is 0.00000192. The van der Waals surface area contributed by atoms with Crippen LogP contribution in [0, 0.1) is 6.92 Å². The number of anilines is 1. The highest BCUT2D eigenvalue weighted by Gasteiger charge is 2.16. The van der Waals surface area contributed by atoms with Gasteiger partial charge >= 0.3 is 0 Å². The molecule has 2 aromatic rings. The summed E-state index contributed by atoms with van der Waals surface area (Å²) >= 11 is 0. The fourth-order valence-corrected chi connectivity index (χ4v) is 2.36. The summed E-state index contributed by atoms with van der Waals surface area (Å²) in [6.45, 7) is 3.94. The lowest BCUT2D eigenvalue weighted by Gasteiger charge is -2.23. The van der Waals surface area contributed by atoms with E-state index in [-0.39, 0.29) is 24.4 Å². The Labute approximate surface area is 140 Å². The number of ether oxygens (including phenoxy) is 1. The summed E-state index contributed by atoms with van der Waals surface area (Å²) in [5.74, 6) is 1.40. The van der Waals surface area contributed by atoms with Crippen molar-refractivity contribution in [2.24, 2.45) is 0 Å². The molecular weight excluding hydrogens is 318 g/mol. The number of rotatable bonds is 4. The van der Waals surface area contributed by atoms with Crippen molar-refractivity contribution in [3.05, 3.63) is 30.1 Å². The maximum Gasteiger partial charge on any atom is 0.226 e. The van der Waals surface area contributed by atoms with Gasteiger partial charge in [0, 0.05) is 30.3 Å². The van der Waals surface area contributed by atoms with Gasteiger partial charge in [0.05, 0.1) is 13.2 Å². The van der Waals surface area contributed by atoms with E-state index in [1.165, 1.54) is 0 Å². The van der Waals surface area contributed by atoms with Crippen molar-refractivity contribution in [2.75, 3.05) is 25.1 Å². The number of nitrogens with zero attached hydrogens (tertiary/aromatic N) is 2. The van der Waals surface area contributed by atoms with Crippen molar-refractivity contribution in [3.8, 4) is 11.4 Å². The van der Waals surface area contributed by atoms with Crippen LogP contribution in [0.5, 0.6) is 0 Å². The number of carbonyl (C=O) groups is 1. The lowest BCUT2D eigenvalue weighted by Crippen LogP contribution is -2.43. The molecule has 1 aromatic carbocycles. The maximum absolute atomic E-state index is 12.0. The highest BCUT2D eigenvalue weighted by Crippen LogP contribution is 2.18. The Morgan fingerprint density at radius 1 is 1.39 bits per heavy atom. The first-order chi connectivity index (χ1) is 10.7. The van der Waals surface area contributed by atoms with E-state index in [0.29, 0.717) is 25.5 Å². The molecule has 1 fully saturated rings. The summed E-state index contributed by atoms with van der Waals surface area (Å²) in [4.78, 5) is 16.3. The molecule has 7 nitrogen and oxygen atoms in total. The van der Waals surface area contributed by atoms with Crippen LogP contribution in [0.4, 0.5) is 5.69 Å². The fourth-order valence-electron chi connectivity index (χ4n) is 2.36. The zero-order chi connectivity index (χ0) is 15.4. The van der Waals surface area contributed by atoms with Crippen LogP contribution < -0.4 is 10.6 Å². The second-order valence-electron chi connectivity index (χ2n) is 5.30. The third-order valence-corrected chi connectivity index (χ3v) is 3.45. The monoisotopic (exact) mass is 337 g/mol. The Morgan fingerprint density at radius 3 is 2.78 bits per heavy atom. The SMILES string of the molecule is Cc1nc(-c2ccc(NC(=O)CC3COCCN3)cc2)n[nH]1.Cl. The quantitative estimate of drug-likeness (QED) is 0.786. The summed E-state index contributed by atoms with van der Waals surface area (Å²) in [7, 11) is 0. The molecule has 1 saturated heterocycles. The number of benzene rings is 1. The largest absolute Gasteiger partial charge is 0.378 e. The molecule has 0 radical (unpaired) electrons. The van der Waals surface area contributed by atoms with Crippen molar-refractivity contribution in [1.82, 2.24) is 20.5 Å². The number of nitrogens with one attached hydrogen (secondary N) is 3. The van der Waals surface area contributed by atoms with Crippen molar-refractivity contribution in [3.63, 3.8) is 0 Å². The fraction of sp³-hybridized carbons (Fsp3) is 0.400. The van der Waals surface area contributed by atoms with Gasteiger partial charge in [-0.3, -0.25) is 9.89 Å². The number of hydrogen-bond acceptors (Lipinski definition) is 5. The first-order valence-corrected chi connectivity index (χ1v) is 7.31. The van der Waals surface area contributed by atoms with Gasteiger partial charge < -0.3 is 15.4 Å². The van der Waals surface area contributed by atoms with Gasteiger partial charge in [-0.1, -0.05) is 0 Å². The van der Waals surface area contributed by atoms with E-state index in [9.17, 15) is 4.79 Å². The summed E-state index contributed by atoms with van der Waals surface area (Å²) in [5.41, 5.74) is 1.67. The second-order valence-corrected chi connectivity index (χ2v) is 5.30. The molecule has 0 saturated carbocycles. The molecule has 1 aromatic heterocycles. The highest BCUT2D eigenvalue weighted by molar-refractivity contribution is 5.91. The standard InChI is InChI=1S/C15H19N5O2.ClH/c1-10-17-15(20-19-10)11-2-4-12(5-3-11)18-14(21)8-13-9-22-7-6-16-13;/h2-5,13,16H,6-9H2,1H3,(H,18,21)(H,17,19,20);1H. The Hall–Kier alpha value is -1.96.